The highest BCUT2D eigenvalue weighted by atomic mass is 16.4. The third-order valence-corrected chi connectivity index (χ3v) is 5.85. The van der Waals surface area contributed by atoms with Crippen LogP contribution in [0.5, 0.6) is 0 Å². The fraction of sp³-hybridized carbons (Fsp3) is 0.333. The van der Waals surface area contributed by atoms with Crippen molar-refractivity contribution < 1.29 is 14.7 Å². The molecular weight excluding hydrogens is 314 g/mol. The second kappa shape index (κ2) is 5.45. The van der Waals surface area contributed by atoms with Gasteiger partial charge in [0, 0.05) is 17.0 Å². The second-order valence-corrected chi connectivity index (χ2v) is 7.35. The van der Waals surface area contributed by atoms with Crippen LogP contribution in [0.3, 0.4) is 0 Å². The number of nitrogens with one attached hydrogen (secondary N) is 1. The molecule has 25 heavy (non-hydrogen) atoms. The Labute approximate surface area is 146 Å². The maximum Gasteiger partial charge on any atom is 0.336 e. The lowest BCUT2D eigenvalue weighted by atomic mass is 9.95. The van der Waals surface area contributed by atoms with Crippen molar-refractivity contribution in [3.05, 3.63) is 64.2 Å². The van der Waals surface area contributed by atoms with Gasteiger partial charge in [-0.25, -0.2) is 4.79 Å². The Morgan fingerprint density at radius 3 is 2.68 bits per heavy atom. The number of carbonyl (C=O) groups is 2. The molecule has 4 nitrogen and oxygen atoms in total. The fourth-order valence-corrected chi connectivity index (χ4v) is 4.38. The van der Waals surface area contributed by atoms with Crippen molar-refractivity contribution in [2.75, 3.05) is 5.32 Å². The lowest BCUT2D eigenvalue weighted by Gasteiger charge is -2.14. The van der Waals surface area contributed by atoms with Crippen LogP contribution < -0.4 is 5.32 Å². The minimum absolute atomic E-state index is 0.00000472. The number of hydrogen-bond acceptors (Lipinski definition) is 2. The Hall–Kier alpha value is -2.62. The first kappa shape index (κ1) is 15.9. The van der Waals surface area contributed by atoms with Crippen molar-refractivity contribution in [3.63, 3.8) is 0 Å². The lowest BCUT2D eigenvalue weighted by Crippen LogP contribution is -2.20. The van der Waals surface area contributed by atoms with Gasteiger partial charge in [0.05, 0.1) is 5.56 Å². The molecule has 2 unspecified atom stereocenters. The second-order valence-electron chi connectivity index (χ2n) is 7.35. The highest BCUT2D eigenvalue weighted by molar-refractivity contribution is 5.99. The Kier molecular flexibility index (Phi) is 3.46. The van der Waals surface area contributed by atoms with Gasteiger partial charge in [0.1, 0.15) is 0 Å². The van der Waals surface area contributed by atoms with Crippen LogP contribution in [0.25, 0.3) is 0 Å². The molecule has 128 valence electrons. The van der Waals surface area contributed by atoms with Crippen LogP contribution in [0.2, 0.25) is 0 Å². The molecule has 2 aliphatic carbocycles. The first-order valence-electron chi connectivity index (χ1n) is 8.66. The Morgan fingerprint density at radius 1 is 1.16 bits per heavy atom. The number of anilines is 1. The van der Waals surface area contributed by atoms with E-state index in [2.05, 4.69) is 23.5 Å². The van der Waals surface area contributed by atoms with E-state index in [0.717, 1.165) is 24.8 Å². The summed E-state index contributed by atoms with van der Waals surface area (Å²) < 4.78 is 0. The SMILES string of the molecule is Cc1cc(C)c(C(=O)O)cc1NC(=O)C1CC12CCc1ccccc12. The zero-order valence-electron chi connectivity index (χ0n) is 14.4. The zero-order valence-corrected chi connectivity index (χ0v) is 14.4. The normalized spacial score (nSPS) is 23.4. The van der Waals surface area contributed by atoms with Gasteiger partial charge >= 0.3 is 5.97 Å². The molecule has 1 amide bonds. The topological polar surface area (TPSA) is 66.4 Å². The van der Waals surface area contributed by atoms with Crippen molar-refractivity contribution in [3.8, 4) is 0 Å². The van der Waals surface area contributed by atoms with E-state index in [9.17, 15) is 14.7 Å². The molecule has 0 radical (unpaired) electrons. The number of amides is 1. The summed E-state index contributed by atoms with van der Waals surface area (Å²) in [5, 5.41) is 12.3. The molecule has 0 heterocycles. The number of carboxylic acids is 1. The highest BCUT2D eigenvalue weighted by Crippen LogP contribution is 2.61. The van der Waals surface area contributed by atoms with Gasteiger partial charge in [-0.15, -0.1) is 0 Å². The molecule has 1 spiro atoms. The summed E-state index contributed by atoms with van der Waals surface area (Å²) in [6.45, 7) is 3.66. The van der Waals surface area contributed by atoms with E-state index in [-0.39, 0.29) is 22.8 Å². The summed E-state index contributed by atoms with van der Waals surface area (Å²) >= 11 is 0. The zero-order chi connectivity index (χ0) is 17.8. The summed E-state index contributed by atoms with van der Waals surface area (Å²) in [6.07, 6.45) is 2.94. The van der Waals surface area contributed by atoms with E-state index < -0.39 is 5.97 Å². The van der Waals surface area contributed by atoms with Gasteiger partial charge in [0.25, 0.3) is 0 Å². The lowest BCUT2D eigenvalue weighted by molar-refractivity contribution is -0.117. The minimum Gasteiger partial charge on any atom is -0.478 e. The Morgan fingerprint density at radius 2 is 1.92 bits per heavy atom. The number of aryl methyl sites for hydroxylation is 3. The molecule has 2 aromatic rings. The maximum atomic E-state index is 12.8. The number of hydrogen-bond donors (Lipinski definition) is 2. The monoisotopic (exact) mass is 335 g/mol. The average Bonchev–Trinajstić information content (AvgIpc) is 3.19. The number of carboxylic acid groups (broad SMARTS) is 1. The fourth-order valence-electron chi connectivity index (χ4n) is 4.38. The predicted molar refractivity (Wildman–Crippen MR) is 96.1 cm³/mol. The molecule has 0 aromatic heterocycles. The molecular formula is C21H21NO3. The van der Waals surface area contributed by atoms with Gasteiger partial charge in [0.15, 0.2) is 0 Å². The standard InChI is InChI=1S/C21H21NO3/c1-12-9-13(2)18(10-15(12)20(24)25)22-19(23)17-11-21(17)8-7-14-5-3-4-6-16(14)21/h3-6,9-10,17H,7-8,11H2,1-2H3,(H,22,23)(H,24,25). The van der Waals surface area contributed by atoms with Crippen molar-refractivity contribution >= 4 is 17.6 Å². The molecule has 4 heteroatoms. The van der Waals surface area contributed by atoms with E-state index in [0.29, 0.717) is 11.3 Å². The largest absolute Gasteiger partial charge is 0.478 e. The summed E-state index contributed by atoms with van der Waals surface area (Å²) in [7, 11) is 0. The number of fused-ring (bicyclic) bond motifs is 2. The van der Waals surface area contributed by atoms with Gasteiger partial charge in [-0.3, -0.25) is 4.79 Å². The number of benzene rings is 2. The summed E-state index contributed by atoms with van der Waals surface area (Å²) in [6, 6.07) is 11.8. The molecule has 1 saturated carbocycles. The van der Waals surface area contributed by atoms with E-state index >= 15 is 0 Å². The van der Waals surface area contributed by atoms with Crippen LogP contribution in [-0.2, 0) is 16.6 Å². The van der Waals surface area contributed by atoms with Crippen LogP contribution in [0.1, 0.15) is 45.5 Å². The van der Waals surface area contributed by atoms with Crippen LogP contribution in [0, 0.1) is 19.8 Å². The van der Waals surface area contributed by atoms with Crippen molar-refractivity contribution in [2.24, 2.45) is 5.92 Å². The molecule has 4 rings (SSSR count). The maximum absolute atomic E-state index is 12.8. The van der Waals surface area contributed by atoms with Crippen molar-refractivity contribution in [1.82, 2.24) is 0 Å². The van der Waals surface area contributed by atoms with E-state index in [1.165, 1.54) is 11.1 Å². The summed E-state index contributed by atoms with van der Waals surface area (Å²) in [4.78, 5) is 24.2. The minimum atomic E-state index is -0.972. The molecule has 2 aliphatic rings. The molecule has 2 atom stereocenters. The summed E-state index contributed by atoms with van der Waals surface area (Å²) in [5.74, 6) is -0.995. The van der Waals surface area contributed by atoms with E-state index in [4.69, 9.17) is 0 Å². The molecule has 0 saturated heterocycles. The molecule has 1 fully saturated rings. The first-order valence-corrected chi connectivity index (χ1v) is 8.66. The smallest absolute Gasteiger partial charge is 0.336 e. The van der Waals surface area contributed by atoms with Crippen LogP contribution >= 0.6 is 0 Å². The third kappa shape index (κ3) is 2.44. The summed E-state index contributed by atoms with van der Waals surface area (Å²) in [5.41, 5.74) is 5.10. The van der Waals surface area contributed by atoms with E-state index in [1.807, 2.05) is 19.1 Å². The Bertz CT molecular complexity index is 902. The van der Waals surface area contributed by atoms with Crippen LogP contribution in [0.15, 0.2) is 36.4 Å². The van der Waals surface area contributed by atoms with Crippen LogP contribution in [0.4, 0.5) is 5.69 Å². The first-order chi connectivity index (χ1) is 11.9. The molecule has 2 N–H and O–H groups in total. The third-order valence-electron chi connectivity index (χ3n) is 5.85. The van der Waals surface area contributed by atoms with E-state index in [1.54, 1.807) is 13.0 Å². The molecule has 0 aliphatic heterocycles. The van der Waals surface area contributed by atoms with Crippen molar-refractivity contribution in [2.45, 2.75) is 38.5 Å². The Balaban J connectivity index is 1.57. The molecule has 0 bridgehead atoms. The molecule has 2 aromatic carbocycles. The van der Waals surface area contributed by atoms with Crippen molar-refractivity contribution in [1.29, 1.82) is 0 Å². The average molecular weight is 335 g/mol. The highest BCUT2D eigenvalue weighted by Gasteiger charge is 2.61. The quantitative estimate of drug-likeness (QED) is 0.895. The van der Waals surface area contributed by atoms with Gasteiger partial charge in [-0.2, -0.15) is 0 Å². The van der Waals surface area contributed by atoms with Crippen LogP contribution in [-0.4, -0.2) is 17.0 Å². The van der Waals surface area contributed by atoms with Gasteiger partial charge < -0.3 is 10.4 Å². The van der Waals surface area contributed by atoms with Gasteiger partial charge in [0.2, 0.25) is 5.91 Å². The number of rotatable bonds is 3. The number of aromatic carboxylic acids is 1. The number of carbonyl (C=O) groups excluding carboxylic acids is 1. The van der Waals surface area contributed by atoms with Gasteiger partial charge in [-0.1, -0.05) is 30.3 Å². The van der Waals surface area contributed by atoms with Gasteiger partial charge in [-0.05, 0) is 61.4 Å². The predicted octanol–water partition coefficient (Wildman–Crippen LogP) is 3.84.